The predicted octanol–water partition coefficient (Wildman–Crippen LogP) is 3.27. The van der Waals surface area contributed by atoms with Gasteiger partial charge in [0, 0.05) is 10.7 Å². The van der Waals surface area contributed by atoms with Gasteiger partial charge in [0.25, 0.3) is 0 Å². The summed E-state index contributed by atoms with van der Waals surface area (Å²) in [5, 5.41) is 0.536. The lowest BCUT2D eigenvalue weighted by atomic mass is 10.1. The van der Waals surface area contributed by atoms with E-state index in [0.29, 0.717) is 22.1 Å². The Morgan fingerprint density at radius 1 is 1.07 bits per heavy atom. The van der Waals surface area contributed by atoms with Gasteiger partial charge in [0.05, 0.1) is 36.4 Å². The Hall–Kier alpha value is -2.25. The second-order valence-corrected chi connectivity index (χ2v) is 9.40. The second kappa shape index (κ2) is 6.42. The van der Waals surface area contributed by atoms with Gasteiger partial charge in [-0.05, 0) is 36.8 Å². The Labute approximate surface area is 163 Å². The van der Waals surface area contributed by atoms with E-state index in [4.69, 9.17) is 16.3 Å². The number of benzene rings is 2. The number of carbonyl (C=O) groups is 1. The zero-order valence-electron chi connectivity index (χ0n) is 14.9. The molecular formula is C19H19ClN2O4S. The number of urea groups is 1. The topological polar surface area (TPSA) is 66.9 Å². The van der Waals surface area contributed by atoms with Crippen LogP contribution in [0.5, 0.6) is 5.75 Å². The average molecular weight is 407 g/mol. The van der Waals surface area contributed by atoms with Crippen molar-refractivity contribution in [2.24, 2.45) is 0 Å². The summed E-state index contributed by atoms with van der Waals surface area (Å²) < 4.78 is 30.1. The lowest BCUT2D eigenvalue weighted by Gasteiger charge is -2.24. The normalized spacial score (nSPS) is 23.6. The SMILES string of the molecule is COc1ccccc1N1C(=O)N(c2ccc(C)c(Cl)c2)C2CS(=O)(=O)CC21. The molecule has 0 saturated carbocycles. The average Bonchev–Trinajstić information content (AvgIpc) is 3.06. The first-order valence-electron chi connectivity index (χ1n) is 8.54. The molecule has 0 bridgehead atoms. The number of methoxy groups -OCH3 is 1. The molecule has 2 heterocycles. The van der Waals surface area contributed by atoms with Gasteiger partial charge >= 0.3 is 6.03 Å². The van der Waals surface area contributed by atoms with E-state index in [9.17, 15) is 13.2 Å². The van der Waals surface area contributed by atoms with Crippen LogP contribution in [-0.4, -0.2) is 45.1 Å². The highest BCUT2D eigenvalue weighted by Gasteiger charge is 2.55. The van der Waals surface area contributed by atoms with Gasteiger partial charge in [-0.2, -0.15) is 0 Å². The third kappa shape index (κ3) is 2.95. The highest BCUT2D eigenvalue weighted by molar-refractivity contribution is 7.91. The maximum Gasteiger partial charge on any atom is 0.329 e. The van der Waals surface area contributed by atoms with Crippen LogP contribution in [0.25, 0.3) is 0 Å². The number of rotatable bonds is 3. The van der Waals surface area contributed by atoms with Crippen LogP contribution in [0, 0.1) is 6.92 Å². The van der Waals surface area contributed by atoms with E-state index in [1.165, 1.54) is 7.11 Å². The Morgan fingerprint density at radius 2 is 1.74 bits per heavy atom. The molecule has 4 rings (SSSR count). The molecule has 2 aliphatic heterocycles. The predicted molar refractivity (Wildman–Crippen MR) is 106 cm³/mol. The summed E-state index contributed by atoms with van der Waals surface area (Å²) in [5.41, 5.74) is 2.06. The van der Waals surface area contributed by atoms with Gasteiger partial charge in [-0.1, -0.05) is 29.8 Å². The van der Waals surface area contributed by atoms with Crippen molar-refractivity contribution in [3.8, 4) is 5.75 Å². The van der Waals surface area contributed by atoms with E-state index in [1.54, 1.807) is 40.1 Å². The van der Waals surface area contributed by atoms with E-state index in [1.807, 2.05) is 19.1 Å². The summed E-state index contributed by atoms with van der Waals surface area (Å²) in [6, 6.07) is 11.3. The van der Waals surface area contributed by atoms with Gasteiger partial charge < -0.3 is 4.74 Å². The molecular weight excluding hydrogens is 388 g/mol. The molecule has 2 aromatic rings. The van der Waals surface area contributed by atoms with E-state index in [-0.39, 0.29) is 17.5 Å². The number of anilines is 2. The number of sulfone groups is 1. The monoisotopic (exact) mass is 406 g/mol. The van der Waals surface area contributed by atoms with Crippen LogP contribution >= 0.6 is 11.6 Å². The number of amides is 2. The molecule has 2 aromatic carbocycles. The minimum absolute atomic E-state index is 0.0689. The summed E-state index contributed by atoms with van der Waals surface area (Å²) in [4.78, 5) is 16.4. The molecule has 142 valence electrons. The van der Waals surface area contributed by atoms with Crippen LogP contribution in [0.3, 0.4) is 0 Å². The van der Waals surface area contributed by atoms with Crippen molar-refractivity contribution >= 4 is 38.8 Å². The molecule has 2 fully saturated rings. The smallest absolute Gasteiger partial charge is 0.329 e. The largest absolute Gasteiger partial charge is 0.495 e. The summed E-state index contributed by atoms with van der Waals surface area (Å²) in [6.07, 6.45) is 0. The number of ether oxygens (including phenoxy) is 1. The van der Waals surface area contributed by atoms with Crippen LogP contribution in [0.15, 0.2) is 42.5 Å². The fraction of sp³-hybridized carbons (Fsp3) is 0.316. The Morgan fingerprint density at radius 3 is 2.41 bits per heavy atom. The molecule has 0 aromatic heterocycles. The molecule has 2 unspecified atom stereocenters. The third-order valence-electron chi connectivity index (χ3n) is 5.15. The number of halogens is 1. The molecule has 2 amide bonds. The molecule has 0 aliphatic carbocycles. The van der Waals surface area contributed by atoms with Crippen LogP contribution in [0.4, 0.5) is 16.2 Å². The van der Waals surface area contributed by atoms with Crippen molar-refractivity contribution in [1.29, 1.82) is 0 Å². The highest BCUT2D eigenvalue weighted by Crippen LogP contribution is 2.41. The van der Waals surface area contributed by atoms with E-state index in [0.717, 1.165) is 5.56 Å². The number of carbonyl (C=O) groups excluding carboxylic acids is 1. The molecule has 0 radical (unpaired) electrons. The zero-order chi connectivity index (χ0) is 19.3. The molecule has 6 nitrogen and oxygen atoms in total. The number of fused-ring (bicyclic) bond motifs is 1. The molecule has 2 aliphatic rings. The molecule has 2 saturated heterocycles. The van der Waals surface area contributed by atoms with Crippen LogP contribution < -0.4 is 14.5 Å². The summed E-state index contributed by atoms with van der Waals surface area (Å²) in [6.45, 7) is 1.88. The molecule has 27 heavy (non-hydrogen) atoms. The summed E-state index contributed by atoms with van der Waals surface area (Å²) in [7, 11) is -1.73. The maximum absolute atomic E-state index is 13.4. The van der Waals surface area contributed by atoms with Gasteiger partial charge in [-0.3, -0.25) is 9.80 Å². The van der Waals surface area contributed by atoms with E-state index >= 15 is 0 Å². The minimum atomic E-state index is -3.26. The van der Waals surface area contributed by atoms with Crippen LogP contribution in [0.2, 0.25) is 5.02 Å². The number of hydrogen-bond donors (Lipinski definition) is 0. The van der Waals surface area contributed by atoms with E-state index < -0.39 is 21.9 Å². The lowest BCUT2D eigenvalue weighted by molar-refractivity contribution is 0.255. The van der Waals surface area contributed by atoms with Crippen molar-refractivity contribution in [2.45, 2.75) is 19.0 Å². The summed E-state index contributed by atoms with van der Waals surface area (Å²) >= 11 is 6.25. The first-order valence-corrected chi connectivity index (χ1v) is 10.7. The highest BCUT2D eigenvalue weighted by atomic mass is 35.5. The first kappa shape index (κ1) is 18.1. The fourth-order valence-corrected chi connectivity index (χ4v) is 5.94. The number of nitrogens with zero attached hydrogens (tertiary/aromatic N) is 2. The fourth-order valence-electron chi connectivity index (χ4n) is 3.85. The quantitative estimate of drug-likeness (QED) is 0.734. The van der Waals surface area contributed by atoms with Crippen molar-refractivity contribution in [2.75, 3.05) is 28.4 Å². The number of para-hydroxylation sites is 2. The van der Waals surface area contributed by atoms with Gasteiger partial charge in [0.2, 0.25) is 0 Å². The van der Waals surface area contributed by atoms with Gasteiger partial charge in [-0.15, -0.1) is 0 Å². The maximum atomic E-state index is 13.4. The van der Waals surface area contributed by atoms with Crippen molar-refractivity contribution in [1.82, 2.24) is 0 Å². The Balaban J connectivity index is 1.84. The number of hydrogen-bond acceptors (Lipinski definition) is 4. The molecule has 2 atom stereocenters. The first-order chi connectivity index (χ1) is 12.8. The van der Waals surface area contributed by atoms with Gasteiger partial charge in [0.15, 0.2) is 9.84 Å². The van der Waals surface area contributed by atoms with Crippen LogP contribution in [0.1, 0.15) is 5.56 Å². The minimum Gasteiger partial charge on any atom is -0.495 e. The van der Waals surface area contributed by atoms with E-state index in [2.05, 4.69) is 0 Å². The van der Waals surface area contributed by atoms with Crippen molar-refractivity contribution < 1.29 is 17.9 Å². The van der Waals surface area contributed by atoms with Crippen molar-refractivity contribution in [3.05, 3.63) is 53.1 Å². The second-order valence-electron chi connectivity index (χ2n) is 6.84. The molecule has 0 N–H and O–H groups in total. The summed E-state index contributed by atoms with van der Waals surface area (Å²) in [5.74, 6) is 0.385. The van der Waals surface area contributed by atoms with Crippen molar-refractivity contribution in [3.63, 3.8) is 0 Å². The zero-order valence-corrected chi connectivity index (χ0v) is 16.5. The van der Waals surface area contributed by atoms with Gasteiger partial charge in [0.1, 0.15) is 5.75 Å². The van der Waals surface area contributed by atoms with Crippen LogP contribution in [-0.2, 0) is 9.84 Å². The Bertz CT molecular complexity index is 1020. The molecule has 8 heteroatoms. The third-order valence-corrected chi connectivity index (χ3v) is 7.25. The number of aryl methyl sites for hydroxylation is 1. The Kier molecular flexibility index (Phi) is 4.31. The standard InChI is InChI=1S/C19H19ClN2O4S/c1-12-7-8-13(9-14(12)20)21-16-10-27(24,25)11-17(16)22(19(21)23)15-5-3-4-6-18(15)26-2/h3-9,16-17H,10-11H2,1-2H3. The molecule has 0 spiro atoms. The van der Waals surface area contributed by atoms with Gasteiger partial charge in [-0.25, -0.2) is 13.2 Å². The lowest BCUT2D eigenvalue weighted by Crippen LogP contribution is -2.38.